The molecule has 1 unspecified atom stereocenters. The van der Waals surface area contributed by atoms with Crippen LogP contribution in [0.2, 0.25) is 0 Å². The van der Waals surface area contributed by atoms with E-state index in [0.717, 1.165) is 31.1 Å². The highest BCUT2D eigenvalue weighted by Gasteiger charge is 2.14. The first-order chi connectivity index (χ1) is 15.6. The molecule has 0 aliphatic carbocycles. The van der Waals surface area contributed by atoms with Gasteiger partial charge in [0.15, 0.2) is 8.68 Å². The van der Waals surface area contributed by atoms with E-state index < -0.39 is 0 Å². The lowest BCUT2D eigenvalue weighted by molar-refractivity contribution is -0.119. The predicted molar refractivity (Wildman–Crippen MR) is 134 cm³/mol. The van der Waals surface area contributed by atoms with E-state index in [1.807, 2.05) is 49.4 Å². The molecule has 1 heterocycles. The number of fused-ring (bicyclic) bond motifs is 1. The lowest BCUT2D eigenvalue weighted by Gasteiger charge is -2.16. The van der Waals surface area contributed by atoms with E-state index in [0.29, 0.717) is 5.75 Å². The molecule has 0 saturated carbocycles. The van der Waals surface area contributed by atoms with Crippen LogP contribution in [0, 0.1) is 0 Å². The Morgan fingerprint density at radius 1 is 1.00 bits per heavy atom. The quantitative estimate of drug-likeness (QED) is 0.298. The van der Waals surface area contributed by atoms with Crippen LogP contribution in [0.25, 0.3) is 10.8 Å². The van der Waals surface area contributed by atoms with Crippen molar-refractivity contribution in [2.24, 2.45) is 0 Å². The number of amides is 1. The van der Waals surface area contributed by atoms with Gasteiger partial charge < -0.3 is 10.1 Å². The maximum Gasteiger partial charge on any atom is 0.230 e. The number of thioether (sulfide) groups is 2. The Morgan fingerprint density at radius 2 is 1.72 bits per heavy atom. The number of carbonyl (C=O) groups excluding carboxylic acids is 1. The van der Waals surface area contributed by atoms with Crippen LogP contribution in [0.4, 0.5) is 0 Å². The Kier molecular flexibility index (Phi) is 7.68. The number of methoxy groups -OCH3 is 1. The SMILES string of the molecule is COc1ccc(CSc2nnc(SCC(=O)NC(C)c3cccc4ccccc34)s2)cc1. The molecule has 1 N–H and O–H groups in total. The van der Waals surface area contributed by atoms with Gasteiger partial charge in [0.05, 0.1) is 18.9 Å². The maximum absolute atomic E-state index is 12.5. The third-order valence-electron chi connectivity index (χ3n) is 4.90. The van der Waals surface area contributed by atoms with Gasteiger partial charge in [0.2, 0.25) is 5.91 Å². The Balaban J connectivity index is 1.27. The van der Waals surface area contributed by atoms with Crippen molar-refractivity contribution < 1.29 is 9.53 Å². The van der Waals surface area contributed by atoms with Gasteiger partial charge in [0, 0.05) is 5.75 Å². The molecular weight excluding hydrogens is 458 g/mol. The van der Waals surface area contributed by atoms with E-state index in [4.69, 9.17) is 4.74 Å². The first-order valence-electron chi connectivity index (χ1n) is 10.1. The summed E-state index contributed by atoms with van der Waals surface area (Å²) in [6, 6.07) is 22.3. The molecule has 0 saturated heterocycles. The van der Waals surface area contributed by atoms with Gasteiger partial charge in [-0.1, -0.05) is 89.5 Å². The number of ether oxygens (including phenoxy) is 1. The van der Waals surface area contributed by atoms with E-state index in [-0.39, 0.29) is 11.9 Å². The third-order valence-corrected chi connectivity index (χ3v) is 8.16. The molecule has 5 nitrogen and oxygen atoms in total. The van der Waals surface area contributed by atoms with Gasteiger partial charge in [-0.05, 0) is 41.0 Å². The molecule has 0 aliphatic rings. The normalized spacial score (nSPS) is 11.9. The minimum absolute atomic E-state index is 0.0157. The summed E-state index contributed by atoms with van der Waals surface area (Å²) in [7, 11) is 1.66. The number of hydrogen-bond donors (Lipinski definition) is 1. The fourth-order valence-electron chi connectivity index (χ4n) is 3.30. The van der Waals surface area contributed by atoms with Crippen LogP contribution in [-0.4, -0.2) is 29.0 Å². The van der Waals surface area contributed by atoms with Crippen LogP contribution >= 0.6 is 34.9 Å². The van der Waals surface area contributed by atoms with E-state index >= 15 is 0 Å². The Hall–Kier alpha value is -2.55. The molecule has 0 radical (unpaired) electrons. The summed E-state index contributed by atoms with van der Waals surface area (Å²) in [5.41, 5.74) is 2.32. The third kappa shape index (κ3) is 5.82. The summed E-state index contributed by atoms with van der Waals surface area (Å²) in [6.07, 6.45) is 0. The predicted octanol–water partition coefficient (Wildman–Crippen LogP) is 5.96. The molecule has 1 atom stereocenters. The van der Waals surface area contributed by atoms with Crippen LogP contribution in [0.5, 0.6) is 5.75 Å². The molecule has 0 aliphatic heterocycles. The lowest BCUT2D eigenvalue weighted by Crippen LogP contribution is -2.28. The summed E-state index contributed by atoms with van der Waals surface area (Å²) >= 11 is 4.58. The highest BCUT2D eigenvalue weighted by Crippen LogP contribution is 2.31. The largest absolute Gasteiger partial charge is 0.497 e. The molecule has 8 heteroatoms. The molecule has 32 heavy (non-hydrogen) atoms. The van der Waals surface area contributed by atoms with Crippen molar-refractivity contribution in [1.82, 2.24) is 15.5 Å². The van der Waals surface area contributed by atoms with Crippen molar-refractivity contribution in [3.05, 3.63) is 77.9 Å². The van der Waals surface area contributed by atoms with E-state index in [9.17, 15) is 4.79 Å². The molecule has 3 aromatic carbocycles. The Labute approximate surface area is 200 Å². The molecule has 1 amide bonds. The van der Waals surface area contributed by atoms with Crippen LogP contribution < -0.4 is 10.1 Å². The van der Waals surface area contributed by atoms with Crippen molar-refractivity contribution in [3.63, 3.8) is 0 Å². The topological polar surface area (TPSA) is 64.1 Å². The monoisotopic (exact) mass is 481 g/mol. The van der Waals surface area contributed by atoms with Gasteiger partial charge >= 0.3 is 0 Å². The number of carbonyl (C=O) groups is 1. The van der Waals surface area contributed by atoms with Crippen molar-refractivity contribution in [3.8, 4) is 5.75 Å². The molecule has 0 fully saturated rings. The smallest absolute Gasteiger partial charge is 0.230 e. The molecule has 1 aromatic heterocycles. The Morgan fingerprint density at radius 3 is 2.50 bits per heavy atom. The van der Waals surface area contributed by atoms with Crippen LogP contribution in [0.15, 0.2) is 75.4 Å². The van der Waals surface area contributed by atoms with E-state index in [1.54, 1.807) is 18.9 Å². The first kappa shape index (κ1) is 22.6. The average Bonchev–Trinajstić information content (AvgIpc) is 3.29. The second kappa shape index (κ2) is 10.8. The zero-order chi connectivity index (χ0) is 22.3. The van der Waals surface area contributed by atoms with Gasteiger partial charge in [-0.25, -0.2) is 0 Å². The van der Waals surface area contributed by atoms with Crippen molar-refractivity contribution in [2.45, 2.75) is 27.4 Å². The molecule has 164 valence electrons. The molecule has 0 spiro atoms. The van der Waals surface area contributed by atoms with Gasteiger partial charge in [0.25, 0.3) is 0 Å². The van der Waals surface area contributed by atoms with Crippen LogP contribution in [0.1, 0.15) is 24.1 Å². The standard InChI is InChI=1S/C24H23N3O2S3/c1-16(20-9-5-7-18-6-3-4-8-21(18)20)25-22(28)15-31-24-27-26-23(32-24)30-14-17-10-12-19(29-2)13-11-17/h3-13,16H,14-15H2,1-2H3,(H,25,28). The summed E-state index contributed by atoms with van der Waals surface area (Å²) in [4.78, 5) is 12.5. The number of nitrogens with zero attached hydrogens (tertiary/aromatic N) is 2. The van der Waals surface area contributed by atoms with E-state index in [1.165, 1.54) is 34.0 Å². The summed E-state index contributed by atoms with van der Waals surface area (Å²) in [5, 5.41) is 13.9. The second-order valence-corrected chi connectivity index (χ2v) is 10.5. The van der Waals surface area contributed by atoms with Crippen LogP contribution in [-0.2, 0) is 10.5 Å². The maximum atomic E-state index is 12.5. The highest BCUT2D eigenvalue weighted by atomic mass is 32.2. The first-order valence-corrected chi connectivity index (χ1v) is 12.9. The fourth-order valence-corrected chi connectivity index (χ4v) is 6.08. The van der Waals surface area contributed by atoms with Crippen molar-refractivity contribution >= 4 is 51.5 Å². The zero-order valence-electron chi connectivity index (χ0n) is 17.8. The summed E-state index contributed by atoms with van der Waals surface area (Å²) in [6.45, 7) is 2.02. The van der Waals surface area contributed by atoms with Gasteiger partial charge in [-0.2, -0.15) is 0 Å². The summed E-state index contributed by atoms with van der Waals surface area (Å²) < 4.78 is 6.88. The molecular formula is C24H23N3O2S3. The van der Waals surface area contributed by atoms with Crippen molar-refractivity contribution in [1.29, 1.82) is 0 Å². The lowest BCUT2D eigenvalue weighted by atomic mass is 10.00. The minimum atomic E-state index is -0.0702. The van der Waals surface area contributed by atoms with E-state index in [2.05, 4.69) is 39.8 Å². The highest BCUT2D eigenvalue weighted by molar-refractivity contribution is 8.03. The number of benzene rings is 3. The molecule has 4 aromatic rings. The number of nitrogens with one attached hydrogen (secondary N) is 1. The zero-order valence-corrected chi connectivity index (χ0v) is 20.2. The van der Waals surface area contributed by atoms with Gasteiger partial charge in [-0.3, -0.25) is 4.79 Å². The van der Waals surface area contributed by atoms with Crippen molar-refractivity contribution in [2.75, 3.05) is 12.9 Å². The number of rotatable bonds is 9. The second-order valence-electron chi connectivity index (χ2n) is 7.12. The minimum Gasteiger partial charge on any atom is -0.497 e. The summed E-state index contributed by atoms with van der Waals surface area (Å²) in [5.74, 6) is 1.96. The number of hydrogen-bond acceptors (Lipinski definition) is 7. The van der Waals surface area contributed by atoms with Crippen LogP contribution in [0.3, 0.4) is 0 Å². The average molecular weight is 482 g/mol. The van der Waals surface area contributed by atoms with Gasteiger partial charge in [0.1, 0.15) is 5.75 Å². The molecule has 0 bridgehead atoms. The fraction of sp³-hybridized carbons (Fsp3) is 0.208. The van der Waals surface area contributed by atoms with Gasteiger partial charge in [-0.15, -0.1) is 10.2 Å². The Bertz CT molecular complexity index is 1190. The number of aromatic nitrogens is 2. The molecule has 4 rings (SSSR count).